The molecule has 5 heteroatoms. The van der Waals surface area contributed by atoms with Crippen LogP contribution in [0.25, 0.3) is 0 Å². The average molecular weight is 189 g/mol. The van der Waals surface area contributed by atoms with Gasteiger partial charge in [-0.3, -0.25) is 0 Å². The van der Waals surface area contributed by atoms with Crippen molar-refractivity contribution >= 4 is 11.6 Å². The lowest BCUT2D eigenvalue weighted by atomic mass is 10.2. The van der Waals surface area contributed by atoms with Gasteiger partial charge in [-0.1, -0.05) is 5.16 Å². The first-order valence-corrected chi connectivity index (χ1v) is 4.28. The maximum Gasteiger partial charge on any atom is 0.320 e. The predicted molar refractivity (Wildman–Crippen MR) is 41.8 cm³/mol. The van der Waals surface area contributed by atoms with E-state index in [1.807, 2.05) is 6.92 Å². The van der Waals surface area contributed by atoms with Crippen molar-refractivity contribution in [2.45, 2.75) is 32.0 Å². The van der Waals surface area contributed by atoms with Crippen molar-refractivity contribution in [2.75, 3.05) is 0 Å². The van der Waals surface area contributed by atoms with Crippen molar-refractivity contribution in [3.63, 3.8) is 0 Å². The number of rotatable bonds is 1. The van der Waals surface area contributed by atoms with Crippen molar-refractivity contribution in [2.24, 2.45) is 0 Å². The summed E-state index contributed by atoms with van der Waals surface area (Å²) >= 11 is 5.48. The topological polar surface area (TPSA) is 48.2 Å². The Hall–Kier alpha value is -0.610. The number of aromatic nitrogens is 2. The molecule has 2 unspecified atom stereocenters. The molecule has 2 rings (SSSR count). The Labute approximate surface area is 74.9 Å². The van der Waals surface area contributed by atoms with Crippen LogP contribution in [-0.2, 0) is 4.74 Å². The smallest absolute Gasteiger partial charge is 0.320 e. The first-order chi connectivity index (χ1) is 5.75. The summed E-state index contributed by atoms with van der Waals surface area (Å²) in [6, 6.07) is 0. The summed E-state index contributed by atoms with van der Waals surface area (Å²) < 4.78 is 10.2. The van der Waals surface area contributed by atoms with Crippen molar-refractivity contribution in [3.8, 4) is 0 Å². The van der Waals surface area contributed by atoms with E-state index in [0.29, 0.717) is 5.82 Å². The Morgan fingerprint density at radius 2 is 2.33 bits per heavy atom. The molecule has 0 spiro atoms. The molecule has 2 heterocycles. The fourth-order valence-corrected chi connectivity index (χ4v) is 1.46. The van der Waals surface area contributed by atoms with Crippen LogP contribution in [0.2, 0.25) is 5.35 Å². The number of nitrogens with zero attached hydrogens (tertiary/aromatic N) is 2. The lowest BCUT2D eigenvalue weighted by Gasteiger charge is -2.04. The molecule has 4 nitrogen and oxygen atoms in total. The van der Waals surface area contributed by atoms with Crippen LogP contribution < -0.4 is 0 Å². The predicted octanol–water partition coefficient (Wildman–Crippen LogP) is 1.96. The molecule has 0 aromatic carbocycles. The van der Waals surface area contributed by atoms with Gasteiger partial charge in [-0.05, 0) is 31.4 Å². The second-order valence-corrected chi connectivity index (χ2v) is 3.24. The summed E-state index contributed by atoms with van der Waals surface area (Å²) in [4.78, 5) is 3.89. The second-order valence-electron chi connectivity index (χ2n) is 2.92. The summed E-state index contributed by atoms with van der Waals surface area (Å²) in [5.74, 6) is 0.560. The Kier molecular flexibility index (Phi) is 2.02. The number of ether oxygens (including phenoxy) is 1. The highest BCUT2D eigenvalue weighted by atomic mass is 35.5. The first kappa shape index (κ1) is 8.01. The van der Waals surface area contributed by atoms with Crippen molar-refractivity contribution in [3.05, 3.63) is 11.2 Å². The third-order valence-corrected chi connectivity index (χ3v) is 2.09. The molecule has 1 saturated heterocycles. The molecule has 12 heavy (non-hydrogen) atoms. The SMILES string of the molecule is CC1CCC(c2noc(Cl)n2)O1. The Balaban J connectivity index is 2.11. The molecule has 1 aromatic rings. The van der Waals surface area contributed by atoms with E-state index in [1.165, 1.54) is 0 Å². The van der Waals surface area contributed by atoms with Crippen LogP contribution in [0.3, 0.4) is 0 Å². The largest absolute Gasteiger partial charge is 0.367 e. The molecule has 1 aliphatic rings. The zero-order chi connectivity index (χ0) is 8.55. The summed E-state index contributed by atoms with van der Waals surface area (Å²) in [5, 5.41) is 3.77. The standard InChI is InChI=1S/C7H9ClN2O2/c1-4-2-3-5(11-4)6-9-7(8)12-10-6/h4-5H,2-3H2,1H3. The molecule has 66 valence electrons. The molecular formula is C7H9ClN2O2. The normalized spacial score (nSPS) is 29.5. The summed E-state index contributed by atoms with van der Waals surface area (Å²) in [6.45, 7) is 2.03. The maximum absolute atomic E-state index is 5.52. The van der Waals surface area contributed by atoms with Crippen LogP contribution in [0.4, 0.5) is 0 Å². The number of hydrogen-bond donors (Lipinski definition) is 0. The fraction of sp³-hybridized carbons (Fsp3) is 0.714. The summed E-state index contributed by atoms with van der Waals surface area (Å²) in [6.07, 6.45) is 2.23. The minimum absolute atomic E-state index is 0.0313. The van der Waals surface area contributed by atoms with E-state index in [9.17, 15) is 0 Å². The van der Waals surface area contributed by atoms with Crippen LogP contribution in [0.1, 0.15) is 31.7 Å². The minimum Gasteiger partial charge on any atom is -0.367 e. The van der Waals surface area contributed by atoms with Gasteiger partial charge in [0.25, 0.3) is 0 Å². The highest BCUT2D eigenvalue weighted by Crippen LogP contribution is 2.30. The zero-order valence-corrected chi connectivity index (χ0v) is 7.41. The molecule has 1 aliphatic heterocycles. The van der Waals surface area contributed by atoms with Crippen molar-refractivity contribution < 1.29 is 9.26 Å². The van der Waals surface area contributed by atoms with Crippen molar-refractivity contribution in [1.29, 1.82) is 0 Å². The molecule has 0 radical (unpaired) electrons. The number of hydrogen-bond acceptors (Lipinski definition) is 4. The van der Waals surface area contributed by atoms with E-state index < -0.39 is 0 Å². The molecule has 0 bridgehead atoms. The van der Waals surface area contributed by atoms with E-state index >= 15 is 0 Å². The van der Waals surface area contributed by atoms with E-state index in [-0.39, 0.29) is 17.6 Å². The Morgan fingerprint density at radius 3 is 2.83 bits per heavy atom. The average Bonchev–Trinajstić information content (AvgIpc) is 2.58. The van der Waals surface area contributed by atoms with Gasteiger partial charge in [-0.15, -0.1) is 0 Å². The quantitative estimate of drug-likeness (QED) is 0.676. The van der Waals surface area contributed by atoms with Gasteiger partial charge < -0.3 is 9.26 Å². The third kappa shape index (κ3) is 1.44. The fourth-order valence-electron chi connectivity index (χ4n) is 1.34. The van der Waals surface area contributed by atoms with Crippen LogP contribution in [-0.4, -0.2) is 16.2 Å². The molecule has 1 fully saturated rings. The van der Waals surface area contributed by atoms with Gasteiger partial charge in [0.15, 0.2) is 0 Å². The molecule has 0 amide bonds. The molecule has 1 aromatic heterocycles. The molecule has 2 atom stereocenters. The van der Waals surface area contributed by atoms with Gasteiger partial charge >= 0.3 is 5.35 Å². The lowest BCUT2D eigenvalue weighted by molar-refractivity contribution is 0.0489. The molecule has 0 N–H and O–H groups in total. The van der Waals surface area contributed by atoms with Gasteiger partial charge in [0.2, 0.25) is 5.82 Å². The first-order valence-electron chi connectivity index (χ1n) is 3.90. The van der Waals surface area contributed by atoms with Gasteiger partial charge in [-0.25, -0.2) is 0 Å². The zero-order valence-electron chi connectivity index (χ0n) is 6.66. The molecule has 0 aliphatic carbocycles. The van der Waals surface area contributed by atoms with Crippen molar-refractivity contribution in [1.82, 2.24) is 10.1 Å². The highest BCUT2D eigenvalue weighted by Gasteiger charge is 2.27. The van der Waals surface area contributed by atoms with Crippen LogP contribution in [0.15, 0.2) is 4.52 Å². The van der Waals surface area contributed by atoms with Gasteiger partial charge in [0, 0.05) is 0 Å². The summed E-state index contributed by atoms with van der Waals surface area (Å²) in [5.41, 5.74) is 0. The number of halogens is 1. The summed E-state index contributed by atoms with van der Waals surface area (Å²) in [7, 11) is 0. The maximum atomic E-state index is 5.52. The van der Waals surface area contributed by atoms with Gasteiger partial charge in [-0.2, -0.15) is 4.98 Å². The molecule has 0 saturated carbocycles. The van der Waals surface area contributed by atoms with E-state index in [2.05, 4.69) is 14.7 Å². The van der Waals surface area contributed by atoms with E-state index in [4.69, 9.17) is 16.3 Å². The monoisotopic (exact) mass is 188 g/mol. The Bertz CT molecular complexity index is 276. The van der Waals surface area contributed by atoms with Gasteiger partial charge in [0.1, 0.15) is 6.10 Å². The van der Waals surface area contributed by atoms with Crippen LogP contribution in [0.5, 0.6) is 0 Å². The van der Waals surface area contributed by atoms with Crippen LogP contribution >= 0.6 is 11.6 Å². The lowest BCUT2D eigenvalue weighted by Crippen LogP contribution is -2.02. The Morgan fingerprint density at radius 1 is 1.50 bits per heavy atom. The van der Waals surface area contributed by atoms with E-state index in [1.54, 1.807) is 0 Å². The third-order valence-electron chi connectivity index (χ3n) is 1.94. The minimum atomic E-state index is -0.0313. The van der Waals surface area contributed by atoms with Gasteiger partial charge in [0.05, 0.1) is 6.10 Å². The van der Waals surface area contributed by atoms with E-state index in [0.717, 1.165) is 12.8 Å². The molecular weight excluding hydrogens is 180 g/mol. The van der Waals surface area contributed by atoms with Crippen LogP contribution in [0, 0.1) is 0 Å². The highest BCUT2D eigenvalue weighted by molar-refractivity contribution is 6.27. The second kappa shape index (κ2) is 3.03.